The van der Waals surface area contributed by atoms with Crippen molar-refractivity contribution in [2.45, 2.75) is 27.7 Å². The van der Waals surface area contributed by atoms with Crippen LogP contribution in [0.3, 0.4) is 0 Å². The molecule has 0 aliphatic rings. The highest BCUT2D eigenvalue weighted by atomic mass is 16.5. The molecule has 0 fully saturated rings. The third-order valence-corrected chi connectivity index (χ3v) is 4.71. The van der Waals surface area contributed by atoms with Crippen LogP contribution in [0.2, 0.25) is 0 Å². The van der Waals surface area contributed by atoms with E-state index >= 15 is 0 Å². The first kappa shape index (κ1) is 21.2. The fraction of sp³-hybridized carbons (Fsp3) is 0.304. The normalized spacial score (nSPS) is 10.8. The zero-order valence-corrected chi connectivity index (χ0v) is 17.7. The van der Waals surface area contributed by atoms with E-state index in [0.717, 1.165) is 16.7 Å². The van der Waals surface area contributed by atoms with E-state index in [0.29, 0.717) is 29.9 Å². The summed E-state index contributed by atoms with van der Waals surface area (Å²) in [7, 11) is 0. The number of fused-ring (bicyclic) bond motifs is 1. The Morgan fingerprint density at radius 2 is 1.90 bits per heavy atom. The number of carbonyl (C=O) groups is 2. The van der Waals surface area contributed by atoms with E-state index < -0.39 is 5.97 Å². The summed E-state index contributed by atoms with van der Waals surface area (Å²) in [5.74, 6) is -0.901. The van der Waals surface area contributed by atoms with Gasteiger partial charge in [0.25, 0.3) is 11.6 Å². The number of nitrogens with zero attached hydrogens (tertiary/aromatic N) is 3. The molecular formula is C23H25N3O4. The monoisotopic (exact) mass is 407 g/mol. The standard InChI is InChI=1S/C23H25N3O4/c1-6-26(12-14(2)3)20(27)13-29-23(28)18-11-19(17-9-7-15(4)8-10-17)24-22-21(18)16(5)25-30-22/h7-11H,2,6,12-13H2,1,3-5H3. The SMILES string of the molecule is C=C(C)CN(CC)C(=O)COC(=O)c1cc(-c2ccc(C)cc2)nc2onc(C)c12. The molecule has 3 rings (SSSR count). The highest BCUT2D eigenvalue weighted by Crippen LogP contribution is 2.27. The number of ether oxygens (including phenoxy) is 1. The van der Waals surface area contributed by atoms with Crippen molar-refractivity contribution < 1.29 is 18.8 Å². The molecule has 0 atom stereocenters. The topological polar surface area (TPSA) is 85.5 Å². The minimum absolute atomic E-state index is 0.251. The second-order valence-corrected chi connectivity index (χ2v) is 7.31. The molecule has 2 aromatic heterocycles. The van der Waals surface area contributed by atoms with Gasteiger partial charge in [-0.1, -0.05) is 47.1 Å². The zero-order valence-electron chi connectivity index (χ0n) is 17.7. The van der Waals surface area contributed by atoms with Gasteiger partial charge in [0.15, 0.2) is 6.61 Å². The molecule has 7 heteroatoms. The largest absolute Gasteiger partial charge is 0.452 e. The van der Waals surface area contributed by atoms with Crippen LogP contribution in [-0.2, 0) is 9.53 Å². The summed E-state index contributed by atoms with van der Waals surface area (Å²) in [6.07, 6.45) is 0. The first-order chi connectivity index (χ1) is 14.3. The quantitative estimate of drug-likeness (QED) is 0.433. The predicted octanol–water partition coefficient (Wildman–Crippen LogP) is 4.09. The average Bonchev–Trinajstić information content (AvgIpc) is 3.10. The van der Waals surface area contributed by atoms with Crippen LogP contribution in [0.4, 0.5) is 0 Å². The summed E-state index contributed by atoms with van der Waals surface area (Å²) in [4.78, 5) is 31.4. The Hall–Kier alpha value is -3.48. The number of likely N-dealkylation sites (N-methyl/N-ethyl adjacent to an activating group) is 1. The van der Waals surface area contributed by atoms with E-state index in [4.69, 9.17) is 9.26 Å². The Kier molecular flexibility index (Phi) is 6.30. The summed E-state index contributed by atoms with van der Waals surface area (Å²) >= 11 is 0. The van der Waals surface area contributed by atoms with Crippen LogP contribution < -0.4 is 0 Å². The van der Waals surface area contributed by atoms with Gasteiger partial charge in [-0.2, -0.15) is 0 Å². The predicted molar refractivity (Wildman–Crippen MR) is 114 cm³/mol. The van der Waals surface area contributed by atoms with E-state index in [-0.39, 0.29) is 23.8 Å². The Balaban J connectivity index is 1.89. The number of rotatable bonds is 7. The van der Waals surface area contributed by atoms with Gasteiger partial charge in [-0.25, -0.2) is 9.78 Å². The van der Waals surface area contributed by atoms with Gasteiger partial charge in [-0.05, 0) is 33.8 Å². The minimum Gasteiger partial charge on any atom is -0.452 e. The van der Waals surface area contributed by atoms with Crippen LogP contribution in [-0.4, -0.2) is 46.6 Å². The van der Waals surface area contributed by atoms with Crippen LogP contribution in [0.1, 0.15) is 35.5 Å². The summed E-state index contributed by atoms with van der Waals surface area (Å²) in [6, 6.07) is 9.41. The maximum atomic E-state index is 12.9. The lowest BCUT2D eigenvalue weighted by Crippen LogP contribution is -2.35. The molecule has 0 aliphatic carbocycles. The van der Waals surface area contributed by atoms with E-state index in [1.807, 2.05) is 45.0 Å². The van der Waals surface area contributed by atoms with Crippen LogP contribution >= 0.6 is 0 Å². The maximum Gasteiger partial charge on any atom is 0.339 e. The van der Waals surface area contributed by atoms with Crippen molar-refractivity contribution in [3.05, 3.63) is 59.3 Å². The zero-order chi connectivity index (χ0) is 21.8. The number of esters is 1. The van der Waals surface area contributed by atoms with Gasteiger partial charge < -0.3 is 14.2 Å². The second-order valence-electron chi connectivity index (χ2n) is 7.31. The van der Waals surface area contributed by atoms with Crippen molar-refractivity contribution in [1.82, 2.24) is 15.0 Å². The first-order valence-corrected chi connectivity index (χ1v) is 9.73. The van der Waals surface area contributed by atoms with Crippen molar-refractivity contribution >= 4 is 23.0 Å². The fourth-order valence-corrected chi connectivity index (χ4v) is 3.13. The Morgan fingerprint density at radius 3 is 2.53 bits per heavy atom. The molecule has 0 unspecified atom stereocenters. The van der Waals surface area contributed by atoms with Crippen LogP contribution in [0.5, 0.6) is 0 Å². The van der Waals surface area contributed by atoms with E-state index in [2.05, 4.69) is 16.7 Å². The third kappa shape index (κ3) is 4.56. The van der Waals surface area contributed by atoms with Gasteiger partial charge in [-0.3, -0.25) is 4.79 Å². The fourth-order valence-electron chi connectivity index (χ4n) is 3.13. The van der Waals surface area contributed by atoms with Crippen molar-refractivity contribution in [2.75, 3.05) is 19.7 Å². The summed E-state index contributed by atoms with van der Waals surface area (Å²) in [6.45, 7) is 11.8. The van der Waals surface area contributed by atoms with Crippen LogP contribution in [0.25, 0.3) is 22.4 Å². The smallest absolute Gasteiger partial charge is 0.339 e. The summed E-state index contributed by atoms with van der Waals surface area (Å²) in [5.41, 5.74) is 4.42. The number of aromatic nitrogens is 2. The number of carbonyl (C=O) groups excluding carboxylic acids is 2. The van der Waals surface area contributed by atoms with Gasteiger partial charge in [0.05, 0.1) is 22.3 Å². The first-order valence-electron chi connectivity index (χ1n) is 9.73. The molecule has 30 heavy (non-hydrogen) atoms. The molecule has 0 N–H and O–H groups in total. The molecule has 0 saturated heterocycles. The number of hydrogen-bond acceptors (Lipinski definition) is 6. The van der Waals surface area contributed by atoms with Crippen LogP contribution in [0, 0.1) is 13.8 Å². The number of benzene rings is 1. The number of hydrogen-bond donors (Lipinski definition) is 0. The molecule has 7 nitrogen and oxygen atoms in total. The lowest BCUT2D eigenvalue weighted by molar-refractivity contribution is -0.133. The average molecular weight is 407 g/mol. The summed E-state index contributed by atoms with van der Waals surface area (Å²) < 4.78 is 10.6. The van der Waals surface area contributed by atoms with E-state index in [9.17, 15) is 9.59 Å². The maximum absolute atomic E-state index is 12.9. The molecule has 156 valence electrons. The van der Waals surface area contributed by atoms with Gasteiger partial charge in [0, 0.05) is 18.7 Å². The van der Waals surface area contributed by atoms with Crippen LogP contribution in [0.15, 0.2) is 47.0 Å². The van der Waals surface area contributed by atoms with Crippen molar-refractivity contribution in [2.24, 2.45) is 0 Å². The highest BCUT2D eigenvalue weighted by molar-refractivity contribution is 6.04. The molecule has 1 amide bonds. The molecule has 1 aromatic carbocycles. The van der Waals surface area contributed by atoms with Gasteiger partial charge >= 0.3 is 5.97 Å². The number of amides is 1. The second kappa shape index (κ2) is 8.90. The highest BCUT2D eigenvalue weighted by Gasteiger charge is 2.22. The van der Waals surface area contributed by atoms with Gasteiger partial charge in [0.1, 0.15) is 0 Å². The summed E-state index contributed by atoms with van der Waals surface area (Å²) in [5, 5.41) is 4.41. The molecule has 2 heterocycles. The third-order valence-electron chi connectivity index (χ3n) is 4.71. The molecule has 0 spiro atoms. The van der Waals surface area contributed by atoms with Gasteiger partial charge in [0.2, 0.25) is 0 Å². The molecular weight excluding hydrogens is 382 g/mol. The van der Waals surface area contributed by atoms with Crippen molar-refractivity contribution in [3.8, 4) is 11.3 Å². The van der Waals surface area contributed by atoms with E-state index in [1.54, 1.807) is 17.9 Å². The minimum atomic E-state index is -0.623. The Labute approximate surface area is 175 Å². The molecule has 0 saturated carbocycles. The lowest BCUT2D eigenvalue weighted by atomic mass is 10.0. The molecule has 0 radical (unpaired) electrons. The molecule has 0 aliphatic heterocycles. The van der Waals surface area contributed by atoms with Crippen molar-refractivity contribution in [1.29, 1.82) is 0 Å². The Bertz CT molecular complexity index is 1100. The van der Waals surface area contributed by atoms with E-state index in [1.165, 1.54) is 0 Å². The molecule has 0 bridgehead atoms. The lowest BCUT2D eigenvalue weighted by Gasteiger charge is -2.20. The Morgan fingerprint density at radius 1 is 1.20 bits per heavy atom. The molecule has 3 aromatic rings. The number of pyridine rings is 1. The number of aryl methyl sites for hydroxylation is 2. The van der Waals surface area contributed by atoms with Crippen molar-refractivity contribution in [3.63, 3.8) is 0 Å². The van der Waals surface area contributed by atoms with Gasteiger partial charge in [-0.15, -0.1) is 0 Å².